The fraction of sp³-hybridized carbons (Fsp3) is 0.462. The highest BCUT2D eigenvalue weighted by Gasteiger charge is 2.29. The van der Waals surface area contributed by atoms with Crippen molar-refractivity contribution in [2.75, 3.05) is 38.3 Å². The Hall–Kier alpha value is -1.96. The van der Waals surface area contributed by atoms with Crippen molar-refractivity contribution < 1.29 is 22.7 Å². The first-order valence-electron chi connectivity index (χ1n) is 6.20. The number of halogens is 3. The van der Waals surface area contributed by atoms with Crippen LogP contribution in [0.4, 0.5) is 24.5 Å². The van der Waals surface area contributed by atoms with E-state index in [2.05, 4.69) is 5.32 Å². The predicted octanol–water partition coefficient (Wildman–Crippen LogP) is 2.10. The lowest BCUT2D eigenvalue weighted by Gasteiger charge is -2.18. The normalized spacial score (nSPS) is 11.5. The van der Waals surface area contributed by atoms with Crippen molar-refractivity contribution >= 4 is 17.3 Å². The molecule has 0 saturated heterocycles. The zero-order valence-electron chi connectivity index (χ0n) is 11.8. The molecule has 0 spiro atoms. The molecule has 0 aliphatic carbocycles. The van der Waals surface area contributed by atoms with Crippen LogP contribution in [0.2, 0.25) is 0 Å². The van der Waals surface area contributed by atoms with Crippen LogP contribution in [-0.2, 0) is 4.79 Å². The van der Waals surface area contributed by atoms with Crippen molar-refractivity contribution in [1.29, 1.82) is 0 Å². The highest BCUT2D eigenvalue weighted by Crippen LogP contribution is 2.26. The number of carbonyl (C=O) groups excluding carboxylic acids is 1. The zero-order valence-corrected chi connectivity index (χ0v) is 11.8. The summed E-state index contributed by atoms with van der Waals surface area (Å²) in [6.07, 6.45) is -4.33. The van der Waals surface area contributed by atoms with E-state index >= 15 is 0 Å². The quantitative estimate of drug-likeness (QED) is 0.790. The topological polar surface area (TPSA) is 67.6 Å². The van der Waals surface area contributed by atoms with Gasteiger partial charge >= 0.3 is 6.18 Å². The summed E-state index contributed by atoms with van der Waals surface area (Å²) in [5.41, 5.74) is 6.49. The Balaban J connectivity index is 2.51. The molecule has 1 aromatic carbocycles. The number of amides is 1. The fourth-order valence-corrected chi connectivity index (χ4v) is 1.70. The zero-order chi connectivity index (χ0) is 16.0. The van der Waals surface area contributed by atoms with Gasteiger partial charge in [0.2, 0.25) is 5.91 Å². The van der Waals surface area contributed by atoms with Crippen molar-refractivity contribution in [3.8, 4) is 5.75 Å². The number of nitrogen functional groups attached to an aromatic ring is 1. The Morgan fingerprint density at radius 2 is 2.10 bits per heavy atom. The number of benzene rings is 1. The summed E-state index contributed by atoms with van der Waals surface area (Å²) < 4.78 is 41.5. The molecule has 0 heterocycles. The predicted molar refractivity (Wildman–Crippen MR) is 74.2 cm³/mol. The average molecular weight is 305 g/mol. The van der Waals surface area contributed by atoms with Crippen LogP contribution >= 0.6 is 0 Å². The molecule has 0 unspecified atom stereocenters. The van der Waals surface area contributed by atoms with E-state index in [9.17, 15) is 18.0 Å². The second-order valence-electron chi connectivity index (χ2n) is 4.61. The van der Waals surface area contributed by atoms with Crippen LogP contribution in [0.25, 0.3) is 0 Å². The number of methoxy groups -OCH3 is 1. The third kappa shape index (κ3) is 6.35. The molecule has 21 heavy (non-hydrogen) atoms. The van der Waals surface area contributed by atoms with Gasteiger partial charge in [-0.3, -0.25) is 9.69 Å². The summed E-state index contributed by atoms with van der Waals surface area (Å²) in [5, 5.41) is 2.58. The van der Waals surface area contributed by atoms with Gasteiger partial charge in [-0.15, -0.1) is 0 Å². The van der Waals surface area contributed by atoms with Crippen LogP contribution in [0.1, 0.15) is 6.42 Å². The summed E-state index contributed by atoms with van der Waals surface area (Å²) in [6, 6.07) is 4.71. The second kappa shape index (κ2) is 7.16. The highest BCUT2D eigenvalue weighted by molar-refractivity contribution is 5.92. The van der Waals surface area contributed by atoms with Gasteiger partial charge in [-0.05, 0) is 19.2 Å². The van der Waals surface area contributed by atoms with Gasteiger partial charge in [0.1, 0.15) is 5.75 Å². The van der Waals surface area contributed by atoms with E-state index in [1.54, 1.807) is 18.2 Å². The number of hydrogen-bond acceptors (Lipinski definition) is 4. The number of nitrogens with one attached hydrogen (secondary N) is 1. The summed E-state index contributed by atoms with van der Waals surface area (Å²) >= 11 is 0. The first-order valence-corrected chi connectivity index (χ1v) is 6.20. The van der Waals surface area contributed by atoms with Gasteiger partial charge in [0.05, 0.1) is 19.3 Å². The van der Waals surface area contributed by atoms with E-state index in [0.29, 0.717) is 17.1 Å². The molecule has 3 N–H and O–H groups in total. The smallest absolute Gasteiger partial charge is 0.401 e. The molecule has 0 saturated carbocycles. The largest absolute Gasteiger partial charge is 0.494 e. The van der Waals surface area contributed by atoms with Crippen molar-refractivity contribution in [3.63, 3.8) is 0 Å². The van der Waals surface area contributed by atoms with Gasteiger partial charge in [-0.2, -0.15) is 13.2 Å². The lowest BCUT2D eigenvalue weighted by Crippen LogP contribution is -2.33. The maximum absolute atomic E-state index is 12.1. The van der Waals surface area contributed by atoms with E-state index in [1.807, 2.05) is 0 Å². The van der Waals surface area contributed by atoms with Gasteiger partial charge in [0, 0.05) is 24.7 Å². The second-order valence-corrected chi connectivity index (χ2v) is 4.61. The molecule has 0 aliphatic rings. The van der Waals surface area contributed by atoms with Gasteiger partial charge in [0.25, 0.3) is 0 Å². The minimum absolute atomic E-state index is 0.00261. The Bertz CT molecular complexity index is 492. The standard InChI is InChI=1S/C13H18F3N3O2/c1-19(8-13(14,15)16)6-5-12(20)18-10-4-3-9(17)7-11(10)21-2/h3-4,7H,5-6,8,17H2,1-2H3,(H,18,20). The molecule has 0 aromatic heterocycles. The molecule has 1 amide bonds. The van der Waals surface area contributed by atoms with E-state index in [1.165, 1.54) is 14.2 Å². The highest BCUT2D eigenvalue weighted by atomic mass is 19.4. The van der Waals surface area contributed by atoms with Crippen LogP contribution in [0, 0.1) is 0 Å². The van der Waals surface area contributed by atoms with Gasteiger partial charge < -0.3 is 15.8 Å². The van der Waals surface area contributed by atoms with Crippen molar-refractivity contribution in [1.82, 2.24) is 4.90 Å². The van der Waals surface area contributed by atoms with Crippen LogP contribution in [0.3, 0.4) is 0 Å². The van der Waals surface area contributed by atoms with Crippen LogP contribution in [0.5, 0.6) is 5.75 Å². The Morgan fingerprint density at radius 1 is 1.43 bits per heavy atom. The molecule has 0 atom stereocenters. The van der Waals surface area contributed by atoms with E-state index in [4.69, 9.17) is 10.5 Å². The van der Waals surface area contributed by atoms with E-state index < -0.39 is 18.6 Å². The number of ether oxygens (including phenoxy) is 1. The summed E-state index contributed by atoms with van der Waals surface area (Å²) in [6.45, 7) is -1.05. The maximum Gasteiger partial charge on any atom is 0.401 e. The Morgan fingerprint density at radius 3 is 2.67 bits per heavy atom. The number of hydrogen-bond donors (Lipinski definition) is 2. The lowest BCUT2D eigenvalue weighted by atomic mass is 10.2. The molecule has 0 radical (unpaired) electrons. The maximum atomic E-state index is 12.1. The van der Waals surface area contributed by atoms with Gasteiger partial charge in [0.15, 0.2) is 0 Å². The minimum Gasteiger partial charge on any atom is -0.494 e. The molecule has 118 valence electrons. The van der Waals surface area contributed by atoms with Crippen LogP contribution in [-0.4, -0.2) is 44.2 Å². The third-order valence-corrected chi connectivity index (χ3v) is 2.67. The van der Waals surface area contributed by atoms with Crippen LogP contribution in [0.15, 0.2) is 18.2 Å². The first-order chi connectivity index (χ1) is 9.71. The summed E-state index contributed by atoms with van der Waals surface area (Å²) in [7, 11) is 2.74. The third-order valence-electron chi connectivity index (χ3n) is 2.67. The first kappa shape index (κ1) is 17.1. The molecule has 0 fully saturated rings. The SMILES string of the molecule is COc1cc(N)ccc1NC(=O)CCN(C)CC(F)(F)F. The summed E-state index contributed by atoms with van der Waals surface area (Å²) in [5.74, 6) is -0.000841. The average Bonchev–Trinajstić information content (AvgIpc) is 2.36. The number of anilines is 2. The lowest BCUT2D eigenvalue weighted by molar-refractivity contribution is -0.144. The minimum atomic E-state index is -4.27. The van der Waals surface area contributed by atoms with E-state index in [0.717, 1.165) is 4.90 Å². The van der Waals surface area contributed by atoms with Crippen LogP contribution < -0.4 is 15.8 Å². The molecule has 8 heteroatoms. The Labute approximate surface area is 120 Å². The number of rotatable bonds is 6. The van der Waals surface area contributed by atoms with Gasteiger partial charge in [-0.1, -0.05) is 0 Å². The number of nitrogens with two attached hydrogens (primary N) is 1. The van der Waals surface area contributed by atoms with Gasteiger partial charge in [-0.25, -0.2) is 0 Å². The molecular formula is C13H18F3N3O2. The monoisotopic (exact) mass is 305 g/mol. The van der Waals surface area contributed by atoms with Crippen molar-refractivity contribution in [2.24, 2.45) is 0 Å². The molecule has 0 bridgehead atoms. The number of alkyl halides is 3. The molecule has 5 nitrogen and oxygen atoms in total. The number of nitrogens with zero attached hydrogens (tertiary/aromatic N) is 1. The van der Waals surface area contributed by atoms with Crippen molar-refractivity contribution in [3.05, 3.63) is 18.2 Å². The fourth-order valence-electron chi connectivity index (χ4n) is 1.70. The molecule has 1 rings (SSSR count). The number of carbonyl (C=O) groups is 1. The van der Waals surface area contributed by atoms with E-state index in [-0.39, 0.29) is 13.0 Å². The molecular weight excluding hydrogens is 287 g/mol. The summed E-state index contributed by atoms with van der Waals surface area (Å²) in [4.78, 5) is 12.8. The van der Waals surface area contributed by atoms with Crippen molar-refractivity contribution in [2.45, 2.75) is 12.6 Å². The Kier molecular flexibility index (Phi) is 5.83. The molecule has 1 aromatic rings. The molecule has 0 aliphatic heterocycles.